The molecule has 0 aliphatic heterocycles. The lowest BCUT2D eigenvalue weighted by Gasteiger charge is -2.11. The Balaban J connectivity index is 1.56. The Labute approximate surface area is 155 Å². The molecule has 0 unspecified atom stereocenters. The van der Waals surface area contributed by atoms with E-state index in [1.165, 1.54) is 11.3 Å². The Kier molecular flexibility index (Phi) is 5.65. The van der Waals surface area contributed by atoms with Gasteiger partial charge in [0.2, 0.25) is 5.13 Å². The first-order valence-electron chi connectivity index (χ1n) is 7.91. The Morgan fingerprint density at radius 2 is 1.73 bits per heavy atom. The molecule has 2 N–H and O–H groups in total. The fourth-order valence-electron chi connectivity index (χ4n) is 2.14. The third-order valence-electron chi connectivity index (χ3n) is 3.41. The quantitative estimate of drug-likeness (QED) is 0.674. The van der Waals surface area contributed by atoms with Gasteiger partial charge in [-0.2, -0.15) is 0 Å². The van der Waals surface area contributed by atoms with Gasteiger partial charge < -0.3 is 14.8 Å². The molecule has 0 bridgehead atoms. The third-order valence-corrected chi connectivity index (χ3v) is 4.41. The Morgan fingerprint density at radius 3 is 2.42 bits per heavy atom. The van der Waals surface area contributed by atoms with Gasteiger partial charge in [-0.1, -0.05) is 29.5 Å². The topological polar surface area (TPSA) is 85.4 Å². The molecule has 1 atom stereocenters. The van der Waals surface area contributed by atoms with E-state index >= 15 is 0 Å². The highest BCUT2D eigenvalue weighted by Gasteiger charge is 2.15. The number of hydrogen-bond acceptors (Lipinski definition) is 6. The molecule has 0 spiro atoms. The van der Waals surface area contributed by atoms with Crippen molar-refractivity contribution < 1.29 is 14.3 Å². The van der Waals surface area contributed by atoms with E-state index in [4.69, 9.17) is 9.47 Å². The lowest BCUT2D eigenvalue weighted by atomic mass is 10.3. The van der Waals surface area contributed by atoms with Crippen molar-refractivity contribution in [3.05, 3.63) is 59.6 Å². The van der Waals surface area contributed by atoms with Gasteiger partial charge in [0.1, 0.15) is 17.6 Å². The zero-order chi connectivity index (χ0) is 18.4. The smallest absolute Gasteiger partial charge is 0.325 e. The predicted molar refractivity (Wildman–Crippen MR) is 101 cm³/mol. The van der Waals surface area contributed by atoms with Crippen LogP contribution >= 0.6 is 11.3 Å². The first-order chi connectivity index (χ1) is 12.6. The Morgan fingerprint density at radius 1 is 1.00 bits per heavy atom. The van der Waals surface area contributed by atoms with E-state index in [1.807, 2.05) is 37.3 Å². The van der Waals surface area contributed by atoms with Crippen LogP contribution in [0.25, 0.3) is 0 Å². The van der Waals surface area contributed by atoms with E-state index in [0.717, 1.165) is 11.5 Å². The third kappa shape index (κ3) is 4.70. The number of benzene rings is 2. The van der Waals surface area contributed by atoms with Crippen LogP contribution in [0.3, 0.4) is 0 Å². The van der Waals surface area contributed by atoms with Crippen LogP contribution in [0.4, 0.5) is 15.6 Å². The zero-order valence-electron chi connectivity index (χ0n) is 14.3. The normalized spacial score (nSPS) is 11.5. The van der Waals surface area contributed by atoms with Gasteiger partial charge in [-0.3, -0.25) is 5.32 Å². The second-order valence-corrected chi connectivity index (χ2v) is 6.34. The molecule has 134 valence electrons. The minimum atomic E-state index is -0.394. The molecule has 2 aromatic carbocycles. The highest BCUT2D eigenvalue weighted by molar-refractivity contribution is 7.15. The Hall–Kier alpha value is -3.13. The number of para-hydroxylation sites is 1. The number of amides is 2. The number of aromatic nitrogens is 2. The first kappa shape index (κ1) is 17.7. The number of hydrogen-bond donors (Lipinski definition) is 2. The van der Waals surface area contributed by atoms with Gasteiger partial charge in [0.05, 0.1) is 7.11 Å². The summed E-state index contributed by atoms with van der Waals surface area (Å²) in [5.74, 6) is 1.47. The summed E-state index contributed by atoms with van der Waals surface area (Å²) >= 11 is 1.27. The molecular weight excluding hydrogens is 352 g/mol. The van der Waals surface area contributed by atoms with Crippen LogP contribution in [0.5, 0.6) is 11.5 Å². The summed E-state index contributed by atoms with van der Waals surface area (Å²) in [7, 11) is 1.59. The minimum absolute atomic E-state index is 0.268. The van der Waals surface area contributed by atoms with Crippen LogP contribution in [-0.2, 0) is 0 Å². The van der Waals surface area contributed by atoms with Crippen molar-refractivity contribution in [2.24, 2.45) is 0 Å². The van der Waals surface area contributed by atoms with Crippen LogP contribution in [0, 0.1) is 0 Å². The summed E-state index contributed by atoms with van der Waals surface area (Å²) in [6.07, 6.45) is -0.268. The molecule has 2 amide bonds. The van der Waals surface area contributed by atoms with Gasteiger partial charge in [-0.25, -0.2) is 4.79 Å². The molecule has 26 heavy (non-hydrogen) atoms. The highest BCUT2D eigenvalue weighted by Crippen LogP contribution is 2.26. The van der Waals surface area contributed by atoms with Crippen molar-refractivity contribution in [3.8, 4) is 11.5 Å². The lowest BCUT2D eigenvalue weighted by molar-refractivity contribution is 0.225. The molecule has 8 heteroatoms. The fraction of sp³-hybridized carbons (Fsp3) is 0.167. The van der Waals surface area contributed by atoms with Crippen molar-refractivity contribution in [2.75, 3.05) is 17.7 Å². The summed E-state index contributed by atoms with van der Waals surface area (Å²) in [6, 6.07) is 16.1. The monoisotopic (exact) mass is 370 g/mol. The molecule has 1 aromatic heterocycles. The zero-order valence-corrected chi connectivity index (χ0v) is 15.1. The number of carbonyl (C=O) groups is 1. The van der Waals surface area contributed by atoms with Gasteiger partial charge in [-0.15, -0.1) is 10.2 Å². The maximum absolute atomic E-state index is 12.1. The van der Waals surface area contributed by atoms with Gasteiger partial charge in [0.15, 0.2) is 5.01 Å². The van der Waals surface area contributed by atoms with Crippen molar-refractivity contribution in [3.63, 3.8) is 0 Å². The number of nitrogens with zero attached hydrogens (tertiary/aromatic N) is 2. The van der Waals surface area contributed by atoms with Crippen molar-refractivity contribution in [1.29, 1.82) is 0 Å². The first-order valence-corrected chi connectivity index (χ1v) is 8.73. The molecular formula is C18H18N4O3S. The summed E-state index contributed by atoms with van der Waals surface area (Å²) in [5, 5.41) is 14.5. The van der Waals surface area contributed by atoms with Crippen LogP contribution in [0.15, 0.2) is 54.6 Å². The lowest BCUT2D eigenvalue weighted by Crippen LogP contribution is -2.19. The molecule has 0 saturated heterocycles. The van der Waals surface area contributed by atoms with Gasteiger partial charge >= 0.3 is 6.03 Å². The average Bonchev–Trinajstić information content (AvgIpc) is 3.11. The number of nitrogens with one attached hydrogen (secondary N) is 2. The number of anilines is 2. The van der Waals surface area contributed by atoms with Crippen molar-refractivity contribution >= 4 is 28.2 Å². The molecule has 0 aliphatic carbocycles. The number of ether oxygens (including phenoxy) is 2. The molecule has 0 saturated carbocycles. The number of methoxy groups -OCH3 is 1. The Bertz CT molecular complexity index is 852. The molecule has 0 radical (unpaired) electrons. The summed E-state index contributed by atoms with van der Waals surface area (Å²) in [4.78, 5) is 12.1. The maximum atomic E-state index is 12.1. The predicted octanol–water partition coefficient (Wildman–Crippen LogP) is 4.33. The van der Waals surface area contributed by atoms with Crippen LogP contribution < -0.4 is 20.1 Å². The molecule has 0 aliphatic rings. The van der Waals surface area contributed by atoms with Crippen LogP contribution in [0.2, 0.25) is 0 Å². The SMILES string of the molecule is COc1ccc(NC(=O)Nc2nnc([C@H](C)Oc3ccccc3)s2)cc1. The van der Waals surface area contributed by atoms with Crippen LogP contribution in [-0.4, -0.2) is 23.3 Å². The van der Waals surface area contributed by atoms with Crippen molar-refractivity contribution in [1.82, 2.24) is 10.2 Å². The molecule has 3 rings (SSSR count). The van der Waals surface area contributed by atoms with E-state index in [2.05, 4.69) is 20.8 Å². The number of urea groups is 1. The van der Waals surface area contributed by atoms with Crippen molar-refractivity contribution in [2.45, 2.75) is 13.0 Å². The molecule has 1 heterocycles. The van der Waals surface area contributed by atoms with E-state index in [9.17, 15) is 4.79 Å². The van der Waals surface area contributed by atoms with E-state index < -0.39 is 6.03 Å². The van der Waals surface area contributed by atoms with Gasteiger partial charge in [0, 0.05) is 5.69 Å². The second kappa shape index (κ2) is 8.30. The minimum Gasteiger partial charge on any atom is -0.497 e. The fourth-order valence-corrected chi connectivity index (χ4v) is 2.86. The standard InChI is InChI=1S/C18H18N4O3S/c1-12(25-15-6-4-3-5-7-15)16-21-22-18(26-16)20-17(23)19-13-8-10-14(24-2)11-9-13/h3-12H,1-2H3,(H2,19,20,22,23)/t12-/m0/s1. The molecule has 3 aromatic rings. The van der Waals surface area contributed by atoms with E-state index in [1.54, 1.807) is 31.4 Å². The van der Waals surface area contributed by atoms with E-state index in [-0.39, 0.29) is 6.10 Å². The van der Waals surface area contributed by atoms with Gasteiger partial charge in [-0.05, 0) is 43.3 Å². The second-order valence-electron chi connectivity index (χ2n) is 5.33. The maximum Gasteiger partial charge on any atom is 0.325 e. The molecule has 0 fully saturated rings. The number of rotatable bonds is 6. The summed E-state index contributed by atoms with van der Waals surface area (Å²) < 4.78 is 10.9. The summed E-state index contributed by atoms with van der Waals surface area (Å²) in [6.45, 7) is 1.88. The van der Waals surface area contributed by atoms with Gasteiger partial charge in [0.25, 0.3) is 0 Å². The largest absolute Gasteiger partial charge is 0.497 e. The summed E-state index contributed by atoms with van der Waals surface area (Å²) in [5.41, 5.74) is 0.647. The molecule has 7 nitrogen and oxygen atoms in total. The highest BCUT2D eigenvalue weighted by atomic mass is 32.1. The van der Waals surface area contributed by atoms with Crippen LogP contribution in [0.1, 0.15) is 18.0 Å². The van der Waals surface area contributed by atoms with E-state index in [0.29, 0.717) is 15.8 Å². The average molecular weight is 370 g/mol. The number of carbonyl (C=O) groups excluding carboxylic acids is 1.